The third kappa shape index (κ3) is 3.22. The van der Waals surface area contributed by atoms with Gasteiger partial charge in [0, 0.05) is 24.1 Å². The summed E-state index contributed by atoms with van der Waals surface area (Å²) in [5, 5.41) is 20.4. The molecule has 1 heterocycles. The van der Waals surface area contributed by atoms with Gasteiger partial charge in [0.1, 0.15) is 18.7 Å². The predicted molar refractivity (Wildman–Crippen MR) is 76.3 cm³/mol. The van der Waals surface area contributed by atoms with E-state index < -0.39 is 10.9 Å². The number of rotatable bonds is 6. The summed E-state index contributed by atoms with van der Waals surface area (Å²) in [6.07, 6.45) is 2.06. The first-order chi connectivity index (χ1) is 10.0. The number of aromatic nitrogens is 2. The molecular weight excluding hydrogens is 276 g/mol. The number of nitrogens with zero attached hydrogens (tertiary/aromatic N) is 4. The van der Waals surface area contributed by atoms with Crippen molar-refractivity contribution in [3.8, 4) is 0 Å². The maximum Gasteiger partial charge on any atom is 0.323 e. The van der Waals surface area contributed by atoms with Crippen LogP contribution in [0.25, 0.3) is 10.9 Å². The smallest absolute Gasteiger partial charge is 0.323 e. The number of nitro groups is 1. The number of carboxylic acids is 1. The molecular formula is C13H14N4O4. The van der Waals surface area contributed by atoms with E-state index in [4.69, 9.17) is 5.11 Å². The van der Waals surface area contributed by atoms with Gasteiger partial charge >= 0.3 is 5.97 Å². The molecule has 0 aliphatic carbocycles. The first-order valence-corrected chi connectivity index (χ1v) is 6.38. The standard InChI is InChI=1S/C13H14N4O4/c1-2-5-16(7-12(18)19)13-10-6-9(17(20)21)3-4-11(10)14-8-15-13/h3-4,6,8H,2,5,7H2,1H3,(H,18,19). The fourth-order valence-electron chi connectivity index (χ4n) is 2.09. The monoisotopic (exact) mass is 290 g/mol. The highest BCUT2D eigenvalue weighted by molar-refractivity contribution is 5.92. The number of fused-ring (bicyclic) bond motifs is 1. The van der Waals surface area contributed by atoms with Crippen LogP contribution in [0.3, 0.4) is 0 Å². The average molecular weight is 290 g/mol. The largest absolute Gasteiger partial charge is 0.480 e. The van der Waals surface area contributed by atoms with Crippen molar-refractivity contribution in [3.63, 3.8) is 0 Å². The number of hydrogen-bond acceptors (Lipinski definition) is 6. The van der Waals surface area contributed by atoms with Crippen LogP contribution in [0.15, 0.2) is 24.5 Å². The number of benzene rings is 1. The van der Waals surface area contributed by atoms with Crippen molar-refractivity contribution in [2.75, 3.05) is 18.0 Å². The van der Waals surface area contributed by atoms with Gasteiger partial charge in [0.15, 0.2) is 0 Å². The highest BCUT2D eigenvalue weighted by Gasteiger charge is 2.17. The van der Waals surface area contributed by atoms with E-state index >= 15 is 0 Å². The van der Waals surface area contributed by atoms with Gasteiger partial charge in [-0.1, -0.05) is 6.92 Å². The van der Waals surface area contributed by atoms with Crippen molar-refractivity contribution in [1.29, 1.82) is 0 Å². The minimum Gasteiger partial charge on any atom is -0.480 e. The SMILES string of the molecule is CCCN(CC(=O)O)c1ncnc2ccc([N+](=O)[O-])cc12. The molecule has 0 amide bonds. The molecule has 1 aromatic heterocycles. The van der Waals surface area contributed by atoms with E-state index in [0.717, 1.165) is 6.42 Å². The fraction of sp³-hybridized carbons (Fsp3) is 0.308. The Labute approximate surface area is 120 Å². The first-order valence-electron chi connectivity index (χ1n) is 6.38. The molecule has 8 nitrogen and oxygen atoms in total. The summed E-state index contributed by atoms with van der Waals surface area (Å²) in [6, 6.07) is 4.26. The Morgan fingerprint density at radius 3 is 2.81 bits per heavy atom. The van der Waals surface area contributed by atoms with Gasteiger partial charge in [0.25, 0.3) is 5.69 Å². The summed E-state index contributed by atoms with van der Waals surface area (Å²) in [5.74, 6) is -0.589. The van der Waals surface area contributed by atoms with Crippen LogP contribution >= 0.6 is 0 Å². The molecule has 8 heteroatoms. The molecule has 0 bridgehead atoms. The van der Waals surface area contributed by atoms with Crippen molar-refractivity contribution in [2.24, 2.45) is 0 Å². The van der Waals surface area contributed by atoms with Gasteiger partial charge in [0.05, 0.1) is 10.4 Å². The van der Waals surface area contributed by atoms with Gasteiger partial charge in [-0.3, -0.25) is 14.9 Å². The van der Waals surface area contributed by atoms with Crippen molar-refractivity contribution in [2.45, 2.75) is 13.3 Å². The highest BCUT2D eigenvalue weighted by Crippen LogP contribution is 2.26. The molecule has 0 fully saturated rings. The zero-order valence-corrected chi connectivity index (χ0v) is 11.4. The molecule has 0 atom stereocenters. The van der Waals surface area contributed by atoms with Crippen molar-refractivity contribution >= 4 is 28.4 Å². The highest BCUT2D eigenvalue weighted by atomic mass is 16.6. The van der Waals surface area contributed by atoms with Crippen molar-refractivity contribution < 1.29 is 14.8 Å². The minimum absolute atomic E-state index is 0.0784. The van der Waals surface area contributed by atoms with Gasteiger partial charge in [-0.2, -0.15) is 0 Å². The Kier molecular flexibility index (Phi) is 4.27. The lowest BCUT2D eigenvalue weighted by Gasteiger charge is -2.22. The van der Waals surface area contributed by atoms with E-state index in [1.807, 2.05) is 6.92 Å². The summed E-state index contributed by atoms with van der Waals surface area (Å²) in [6.45, 7) is 2.18. The van der Waals surface area contributed by atoms with Gasteiger partial charge in [-0.15, -0.1) is 0 Å². The van der Waals surface area contributed by atoms with Crippen LogP contribution < -0.4 is 4.90 Å². The Hall–Kier alpha value is -2.77. The Morgan fingerprint density at radius 2 is 2.19 bits per heavy atom. The van der Waals surface area contributed by atoms with Crippen LogP contribution in [0, 0.1) is 10.1 Å². The topological polar surface area (TPSA) is 109 Å². The Morgan fingerprint density at radius 1 is 1.43 bits per heavy atom. The van der Waals surface area contributed by atoms with E-state index in [2.05, 4.69) is 9.97 Å². The average Bonchev–Trinajstić information content (AvgIpc) is 2.45. The maximum absolute atomic E-state index is 11.0. The second-order valence-electron chi connectivity index (χ2n) is 4.47. The van der Waals surface area contributed by atoms with Crippen LogP contribution in [-0.4, -0.2) is 39.1 Å². The summed E-state index contributed by atoms with van der Waals surface area (Å²) in [7, 11) is 0. The van der Waals surface area contributed by atoms with E-state index in [9.17, 15) is 14.9 Å². The number of non-ortho nitro benzene ring substituents is 1. The minimum atomic E-state index is -0.986. The van der Waals surface area contributed by atoms with Crippen LogP contribution in [0.1, 0.15) is 13.3 Å². The van der Waals surface area contributed by atoms with Gasteiger partial charge < -0.3 is 10.0 Å². The summed E-state index contributed by atoms with van der Waals surface area (Å²) in [4.78, 5) is 31.1. The lowest BCUT2D eigenvalue weighted by molar-refractivity contribution is -0.384. The predicted octanol–water partition coefficient (Wildman–Crippen LogP) is 1.84. The molecule has 0 aliphatic rings. The number of hydrogen-bond donors (Lipinski definition) is 1. The second kappa shape index (κ2) is 6.12. The van der Waals surface area contributed by atoms with Gasteiger partial charge in [-0.05, 0) is 12.5 Å². The molecule has 0 unspecified atom stereocenters. The number of nitro benzene ring substituents is 1. The molecule has 2 aromatic rings. The fourth-order valence-corrected chi connectivity index (χ4v) is 2.09. The van der Waals surface area contributed by atoms with Gasteiger partial charge in [0.2, 0.25) is 0 Å². The van der Waals surface area contributed by atoms with Crippen molar-refractivity contribution in [1.82, 2.24) is 9.97 Å². The third-order valence-corrected chi connectivity index (χ3v) is 2.93. The third-order valence-electron chi connectivity index (χ3n) is 2.93. The van der Waals surface area contributed by atoms with E-state index in [-0.39, 0.29) is 12.2 Å². The lowest BCUT2D eigenvalue weighted by Crippen LogP contribution is -2.31. The molecule has 0 saturated heterocycles. The summed E-state index contributed by atoms with van der Waals surface area (Å²) < 4.78 is 0. The molecule has 21 heavy (non-hydrogen) atoms. The maximum atomic E-state index is 11.0. The number of carboxylic acid groups (broad SMARTS) is 1. The zero-order chi connectivity index (χ0) is 15.4. The number of aliphatic carboxylic acids is 1. The molecule has 0 radical (unpaired) electrons. The Bertz CT molecular complexity index is 689. The first kappa shape index (κ1) is 14.6. The van der Waals surface area contributed by atoms with E-state index in [0.29, 0.717) is 23.3 Å². The summed E-state index contributed by atoms with van der Waals surface area (Å²) in [5.41, 5.74) is 0.461. The molecule has 0 spiro atoms. The van der Waals surface area contributed by atoms with E-state index in [1.165, 1.54) is 24.5 Å². The second-order valence-corrected chi connectivity index (χ2v) is 4.47. The molecule has 110 valence electrons. The summed E-state index contributed by atoms with van der Waals surface area (Å²) >= 11 is 0. The zero-order valence-electron chi connectivity index (χ0n) is 11.4. The Balaban J connectivity index is 2.57. The van der Waals surface area contributed by atoms with Crippen LogP contribution in [-0.2, 0) is 4.79 Å². The van der Waals surface area contributed by atoms with Gasteiger partial charge in [-0.25, -0.2) is 9.97 Å². The molecule has 0 saturated carbocycles. The lowest BCUT2D eigenvalue weighted by atomic mass is 10.2. The quantitative estimate of drug-likeness (QED) is 0.638. The number of anilines is 1. The van der Waals surface area contributed by atoms with Crippen molar-refractivity contribution in [3.05, 3.63) is 34.6 Å². The van der Waals surface area contributed by atoms with E-state index in [1.54, 1.807) is 4.90 Å². The van der Waals surface area contributed by atoms with Crippen LogP contribution in [0.5, 0.6) is 0 Å². The van der Waals surface area contributed by atoms with Crippen LogP contribution in [0.4, 0.5) is 11.5 Å². The normalized spacial score (nSPS) is 10.5. The molecule has 1 aromatic carbocycles. The van der Waals surface area contributed by atoms with Crippen LogP contribution in [0.2, 0.25) is 0 Å². The number of carbonyl (C=O) groups is 1. The molecule has 1 N–H and O–H groups in total. The molecule has 0 aliphatic heterocycles. The molecule has 2 rings (SSSR count).